The van der Waals surface area contributed by atoms with Crippen molar-refractivity contribution in [3.8, 4) is 11.5 Å². The highest BCUT2D eigenvalue weighted by Crippen LogP contribution is 2.29. The largest absolute Gasteiger partial charge is 0.493 e. The lowest BCUT2D eigenvalue weighted by molar-refractivity contribution is 0.354. The van der Waals surface area contributed by atoms with E-state index < -0.39 is 10.0 Å². The molecule has 1 rings (SSSR count). The van der Waals surface area contributed by atoms with E-state index in [1.165, 1.54) is 26.4 Å². The molecule has 116 valence electrons. The summed E-state index contributed by atoms with van der Waals surface area (Å²) in [6, 6.07) is 4.49. The third kappa shape index (κ3) is 5.16. The summed E-state index contributed by atoms with van der Waals surface area (Å²) in [6.45, 7) is 3.69. The highest BCUT2D eigenvalue weighted by atomic mass is 35.5. The summed E-state index contributed by atoms with van der Waals surface area (Å²) < 4.78 is 36.7. The molecule has 0 bridgehead atoms. The maximum Gasteiger partial charge on any atom is 0.240 e. The molecule has 0 fully saturated rings. The molecule has 0 saturated heterocycles. The van der Waals surface area contributed by atoms with Crippen molar-refractivity contribution in [2.45, 2.75) is 11.8 Å². The molecule has 0 radical (unpaired) electrons. The highest BCUT2D eigenvalue weighted by molar-refractivity contribution is 7.89. The summed E-state index contributed by atoms with van der Waals surface area (Å²) in [6.07, 6.45) is 0. The van der Waals surface area contributed by atoms with Crippen LogP contribution in [-0.2, 0) is 10.0 Å². The van der Waals surface area contributed by atoms with E-state index in [9.17, 15) is 8.42 Å². The second kappa shape index (κ2) is 9.02. The van der Waals surface area contributed by atoms with Crippen molar-refractivity contribution >= 4 is 22.4 Å². The number of likely N-dealkylation sites (N-methyl/N-ethyl adjacent to an activating group) is 1. The molecule has 1 aromatic carbocycles. The van der Waals surface area contributed by atoms with Crippen LogP contribution in [0.25, 0.3) is 0 Å². The van der Waals surface area contributed by atoms with Crippen molar-refractivity contribution in [1.29, 1.82) is 0 Å². The summed E-state index contributed by atoms with van der Waals surface area (Å²) in [5.74, 6) is 0.881. The maximum absolute atomic E-state index is 12.0. The Kier molecular flexibility index (Phi) is 8.56. The van der Waals surface area contributed by atoms with Crippen molar-refractivity contribution in [2.24, 2.45) is 0 Å². The first-order chi connectivity index (χ1) is 9.05. The van der Waals surface area contributed by atoms with Crippen LogP contribution in [0.1, 0.15) is 6.92 Å². The average molecular weight is 325 g/mol. The van der Waals surface area contributed by atoms with Gasteiger partial charge in [0, 0.05) is 19.2 Å². The molecule has 0 amide bonds. The number of methoxy groups -OCH3 is 2. The fraction of sp³-hybridized carbons (Fsp3) is 0.500. The van der Waals surface area contributed by atoms with Gasteiger partial charge in [-0.1, -0.05) is 6.92 Å². The van der Waals surface area contributed by atoms with Crippen LogP contribution >= 0.6 is 12.4 Å². The molecule has 0 aliphatic heterocycles. The number of hydrogen-bond acceptors (Lipinski definition) is 5. The van der Waals surface area contributed by atoms with Gasteiger partial charge < -0.3 is 14.8 Å². The lowest BCUT2D eigenvalue weighted by Crippen LogP contribution is -2.31. The van der Waals surface area contributed by atoms with Crippen LogP contribution in [0.2, 0.25) is 0 Å². The Balaban J connectivity index is 0.00000361. The number of ether oxygens (including phenoxy) is 2. The molecule has 1 aromatic rings. The van der Waals surface area contributed by atoms with E-state index >= 15 is 0 Å². The number of rotatable bonds is 8. The molecule has 0 aromatic heterocycles. The van der Waals surface area contributed by atoms with Crippen LogP contribution in [0.5, 0.6) is 11.5 Å². The van der Waals surface area contributed by atoms with Crippen molar-refractivity contribution in [2.75, 3.05) is 33.9 Å². The Bertz CT molecular complexity index is 508. The predicted molar refractivity (Wildman–Crippen MR) is 80.5 cm³/mol. The Hall–Kier alpha value is -1.02. The van der Waals surface area contributed by atoms with Crippen molar-refractivity contribution in [1.82, 2.24) is 10.0 Å². The molecule has 20 heavy (non-hydrogen) atoms. The van der Waals surface area contributed by atoms with Gasteiger partial charge in [0.25, 0.3) is 0 Å². The molecule has 2 N–H and O–H groups in total. The molecular weight excluding hydrogens is 304 g/mol. The van der Waals surface area contributed by atoms with Gasteiger partial charge in [-0.3, -0.25) is 0 Å². The second-order valence-electron chi connectivity index (χ2n) is 3.77. The fourth-order valence-corrected chi connectivity index (χ4v) is 2.56. The van der Waals surface area contributed by atoms with Crippen LogP contribution in [-0.4, -0.2) is 42.3 Å². The topological polar surface area (TPSA) is 76.7 Å². The summed E-state index contributed by atoms with van der Waals surface area (Å²) >= 11 is 0. The molecular formula is C12H21ClN2O4S. The number of sulfonamides is 1. The van der Waals surface area contributed by atoms with Gasteiger partial charge in [-0.05, 0) is 18.7 Å². The number of nitrogens with one attached hydrogen (secondary N) is 2. The first-order valence-electron chi connectivity index (χ1n) is 5.97. The minimum absolute atomic E-state index is 0. The summed E-state index contributed by atoms with van der Waals surface area (Å²) in [7, 11) is -0.558. The monoisotopic (exact) mass is 324 g/mol. The quantitative estimate of drug-likeness (QED) is 0.698. The first-order valence-corrected chi connectivity index (χ1v) is 7.46. The third-order valence-corrected chi connectivity index (χ3v) is 3.97. The van der Waals surface area contributed by atoms with Crippen molar-refractivity contribution < 1.29 is 17.9 Å². The van der Waals surface area contributed by atoms with E-state index in [-0.39, 0.29) is 17.3 Å². The predicted octanol–water partition coefficient (Wildman–Crippen LogP) is 1.01. The van der Waals surface area contributed by atoms with Crippen LogP contribution in [0.3, 0.4) is 0 Å². The standard InChI is InChI=1S/C12H20N2O4S.ClH/c1-4-13-7-8-14-19(15,16)10-5-6-11(17-2)12(9-10)18-3;/h5-6,9,13-14H,4,7-8H2,1-3H3;1H. The second-order valence-corrected chi connectivity index (χ2v) is 5.54. The smallest absolute Gasteiger partial charge is 0.240 e. The zero-order chi connectivity index (χ0) is 14.3. The molecule has 0 aliphatic carbocycles. The number of halogens is 1. The first kappa shape index (κ1) is 19.0. The van der Waals surface area contributed by atoms with Crippen molar-refractivity contribution in [3.63, 3.8) is 0 Å². The van der Waals surface area contributed by atoms with Crippen LogP contribution in [0.15, 0.2) is 23.1 Å². The van der Waals surface area contributed by atoms with Crippen LogP contribution < -0.4 is 19.5 Å². The molecule has 0 saturated carbocycles. The normalized spacial score (nSPS) is 10.8. The summed E-state index contributed by atoms with van der Waals surface area (Å²) in [5.41, 5.74) is 0. The van der Waals surface area contributed by atoms with E-state index in [0.717, 1.165) is 6.54 Å². The van der Waals surface area contributed by atoms with E-state index in [1.807, 2.05) is 6.92 Å². The van der Waals surface area contributed by atoms with E-state index in [2.05, 4.69) is 10.0 Å². The van der Waals surface area contributed by atoms with Gasteiger partial charge in [-0.15, -0.1) is 12.4 Å². The van der Waals surface area contributed by atoms with Gasteiger partial charge in [0.15, 0.2) is 11.5 Å². The molecule has 0 unspecified atom stereocenters. The summed E-state index contributed by atoms with van der Waals surface area (Å²) in [4.78, 5) is 0.154. The Morgan fingerprint density at radius 2 is 1.75 bits per heavy atom. The maximum atomic E-state index is 12.0. The minimum atomic E-state index is -3.52. The zero-order valence-corrected chi connectivity index (χ0v) is 13.4. The summed E-state index contributed by atoms with van der Waals surface area (Å²) in [5, 5.41) is 3.04. The Morgan fingerprint density at radius 3 is 2.30 bits per heavy atom. The van der Waals surface area contributed by atoms with Crippen LogP contribution in [0, 0.1) is 0 Å². The van der Waals surface area contributed by atoms with Gasteiger partial charge in [0.05, 0.1) is 19.1 Å². The molecule has 6 nitrogen and oxygen atoms in total. The van der Waals surface area contributed by atoms with Gasteiger partial charge in [0.2, 0.25) is 10.0 Å². The molecule has 0 aliphatic rings. The SMILES string of the molecule is CCNCCNS(=O)(=O)c1ccc(OC)c(OC)c1.Cl. The van der Waals surface area contributed by atoms with E-state index in [1.54, 1.807) is 6.07 Å². The van der Waals surface area contributed by atoms with Gasteiger partial charge in [-0.25, -0.2) is 13.1 Å². The highest BCUT2D eigenvalue weighted by Gasteiger charge is 2.16. The Morgan fingerprint density at radius 1 is 1.10 bits per heavy atom. The molecule has 0 heterocycles. The number of hydrogen-bond donors (Lipinski definition) is 2. The number of benzene rings is 1. The average Bonchev–Trinajstić information content (AvgIpc) is 2.42. The molecule has 0 atom stereocenters. The third-order valence-electron chi connectivity index (χ3n) is 2.51. The van der Waals surface area contributed by atoms with E-state index in [4.69, 9.17) is 9.47 Å². The minimum Gasteiger partial charge on any atom is -0.493 e. The van der Waals surface area contributed by atoms with Gasteiger partial charge >= 0.3 is 0 Å². The van der Waals surface area contributed by atoms with E-state index in [0.29, 0.717) is 24.6 Å². The van der Waals surface area contributed by atoms with Gasteiger partial charge in [-0.2, -0.15) is 0 Å². The van der Waals surface area contributed by atoms with Gasteiger partial charge in [0.1, 0.15) is 0 Å². The fourth-order valence-electron chi connectivity index (χ4n) is 1.52. The van der Waals surface area contributed by atoms with Crippen molar-refractivity contribution in [3.05, 3.63) is 18.2 Å². The van der Waals surface area contributed by atoms with Crippen LogP contribution in [0.4, 0.5) is 0 Å². The lowest BCUT2D eigenvalue weighted by atomic mass is 10.3. The Labute approximate surface area is 126 Å². The molecule has 0 spiro atoms. The zero-order valence-electron chi connectivity index (χ0n) is 11.8. The molecule has 8 heteroatoms. The lowest BCUT2D eigenvalue weighted by Gasteiger charge is -2.11.